The Hall–Kier alpha value is -3.66. The van der Waals surface area contributed by atoms with Gasteiger partial charge in [-0.2, -0.15) is 13.2 Å². The SMILES string of the molecule is CCOC(=O)C1=C(C(=O)OCC)C(c2ccc(F)cc2)(C(F)(F)F)OC2c3ccccc3C=C(C)N12. The Bertz CT molecular complexity index is 1250. The van der Waals surface area contributed by atoms with Crippen LogP contribution >= 0.6 is 0 Å². The van der Waals surface area contributed by atoms with Crippen molar-refractivity contribution in [3.8, 4) is 0 Å². The summed E-state index contributed by atoms with van der Waals surface area (Å²) < 4.78 is 75.5. The zero-order chi connectivity index (χ0) is 26.3. The summed E-state index contributed by atoms with van der Waals surface area (Å²) in [6, 6.07) is 9.99. The van der Waals surface area contributed by atoms with Crippen LogP contribution in [0, 0.1) is 5.82 Å². The summed E-state index contributed by atoms with van der Waals surface area (Å²) in [5.74, 6) is -3.35. The number of allylic oxidation sites excluding steroid dienone is 1. The molecule has 0 N–H and O–H groups in total. The number of halogens is 4. The van der Waals surface area contributed by atoms with Gasteiger partial charge in [0.15, 0.2) is 6.23 Å². The highest BCUT2D eigenvalue weighted by Crippen LogP contribution is 2.57. The van der Waals surface area contributed by atoms with Crippen LogP contribution < -0.4 is 0 Å². The van der Waals surface area contributed by atoms with E-state index in [0.29, 0.717) is 16.8 Å². The molecular formula is C26H23F4NO5. The Morgan fingerprint density at radius 2 is 1.61 bits per heavy atom. The summed E-state index contributed by atoms with van der Waals surface area (Å²) in [5, 5.41) is 0. The Kier molecular flexibility index (Phi) is 6.66. The van der Waals surface area contributed by atoms with Crippen LogP contribution in [0.1, 0.15) is 43.7 Å². The maximum Gasteiger partial charge on any atom is 0.426 e. The highest BCUT2D eigenvalue weighted by Gasteiger charge is 2.68. The van der Waals surface area contributed by atoms with Crippen molar-refractivity contribution in [3.05, 3.63) is 88.0 Å². The van der Waals surface area contributed by atoms with Crippen molar-refractivity contribution in [2.75, 3.05) is 13.2 Å². The second-order valence-electron chi connectivity index (χ2n) is 8.11. The molecule has 6 nitrogen and oxygen atoms in total. The molecule has 4 rings (SSSR count). The predicted molar refractivity (Wildman–Crippen MR) is 120 cm³/mol. The van der Waals surface area contributed by atoms with E-state index in [1.54, 1.807) is 37.3 Å². The van der Waals surface area contributed by atoms with Crippen LogP contribution in [0.3, 0.4) is 0 Å². The number of carbonyl (C=O) groups is 2. The first-order valence-electron chi connectivity index (χ1n) is 11.2. The summed E-state index contributed by atoms with van der Waals surface area (Å²) >= 11 is 0. The number of hydrogen-bond donors (Lipinski definition) is 0. The van der Waals surface area contributed by atoms with Crippen molar-refractivity contribution in [3.63, 3.8) is 0 Å². The molecule has 2 unspecified atom stereocenters. The van der Waals surface area contributed by atoms with Gasteiger partial charge in [-0.15, -0.1) is 0 Å². The van der Waals surface area contributed by atoms with Gasteiger partial charge in [0, 0.05) is 11.3 Å². The standard InChI is InChI=1S/C26H23F4NO5/c1-4-34-23(32)20-21(24(33)35-5-2)31-15(3)14-16-8-6-7-9-19(16)22(31)36-25(20,26(28,29)30)17-10-12-18(27)13-11-17/h6-14,22H,4-5H2,1-3H3. The van der Waals surface area contributed by atoms with E-state index in [9.17, 15) is 14.0 Å². The van der Waals surface area contributed by atoms with Crippen LogP contribution in [0.4, 0.5) is 17.6 Å². The van der Waals surface area contributed by atoms with Gasteiger partial charge in [0.25, 0.3) is 0 Å². The van der Waals surface area contributed by atoms with E-state index in [2.05, 4.69) is 0 Å². The van der Waals surface area contributed by atoms with Crippen LogP contribution in [0.5, 0.6) is 0 Å². The van der Waals surface area contributed by atoms with Crippen LogP contribution in [-0.2, 0) is 29.4 Å². The summed E-state index contributed by atoms with van der Waals surface area (Å²) in [7, 11) is 0. The van der Waals surface area contributed by atoms with Gasteiger partial charge in [0.05, 0.1) is 13.2 Å². The number of hydrogen-bond acceptors (Lipinski definition) is 6. The molecule has 2 atom stereocenters. The quantitative estimate of drug-likeness (QED) is 0.402. The lowest BCUT2D eigenvalue weighted by Gasteiger charge is -2.50. The van der Waals surface area contributed by atoms with Gasteiger partial charge in [-0.25, -0.2) is 14.0 Å². The van der Waals surface area contributed by atoms with E-state index in [1.165, 1.54) is 18.7 Å². The van der Waals surface area contributed by atoms with Crippen molar-refractivity contribution < 1.29 is 41.4 Å². The maximum absolute atomic E-state index is 15.2. The highest BCUT2D eigenvalue weighted by molar-refractivity contribution is 6.02. The first-order chi connectivity index (χ1) is 17.1. The molecule has 0 bridgehead atoms. The molecular weight excluding hydrogens is 482 g/mol. The van der Waals surface area contributed by atoms with Gasteiger partial charge >= 0.3 is 18.1 Å². The van der Waals surface area contributed by atoms with E-state index in [1.807, 2.05) is 0 Å². The minimum Gasteiger partial charge on any atom is -0.462 e. The van der Waals surface area contributed by atoms with Crippen LogP contribution in [0.15, 0.2) is 65.5 Å². The number of nitrogens with zero attached hydrogens (tertiary/aromatic N) is 1. The molecule has 0 aromatic heterocycles. The van der Waals surface area contributed by atoms with Crippen molar-refractivity contribution in [2.45, 2.75) is 38.8 Å². The van der Waals surface area contributed by atoms with E-state index < -0.39 is 52.6 Å². The minimum absolute atomic E-state index is 0.160. The van der Waals surface area contributed by atoms with Gasteiger partial charge in [-0.05, 0) is 50.1 Å². The monoisotopic (exact) mass is 505 g/mol. The lowest BCUT2D eigenvalue weighted by atomic mass is 9.80. The van der Waals surface area contributed by atoms with Crippen LogP contribution in [-0.4, -0.2) is 36.2 Å². The Labute approximate surface area is 204 Å². The van der Waals surface area contributed by atoms with E-state index in [0.717, 1.165) is 24.3 Å². The Morgan fingerprint density at radius 1 is 1.00 bits per heavy atom. The van der Waals surface area contributed by atoms with Crippen LogP contribution in [0.2, 0.25) is 0 Å². The fraction of sp³-hybridized carbons (Fsp3) is 0.308. The fourth-order valence-electron chi connectivity index (χ4n) is 4.52. The molecule has 2 aliphatic rings. The molecule has 0 saturated heterocycles. The number of alkyl halides is 3. The average molecular weight is 505 g/mol. The number of ether oxygens (including phenoxy) is 3. The number of benzene rings is 2. The molecule has 0 amide bonds. The molecule has 10 heteroatoms. The third kappa shape index (κ3) is 3.95. The summed E-state index contributed by atoms with van der Waals surface area (Å²) in [5.41, 5.74) is -4.55. The molecule has 0 saturated carbocycles. The van der Waals surface area contributed by atoms with Gasteiger partial charge in [0.1, 0.15) is 17.1 Å². The van der Waals surface area contributed by atoms with Gasteiger partial charge in [0.2, 0.25) is 5.60 Å². The Morgan fingerprint density at radius 3 is 2.22 bits per heavy atom. The molecule has 2 heterocycles. The number of rotatable bonds is 5. The van der Waals surface area contributed by atoms with Crippen molar-refractivity contribution in [1.29, 1.82) is 0 Å². The second-order valence-corrected chi connectivity index (χ2v) is 8.11. The molecule has 36 heavy (non-hydrogen) atoms. The van der Waals surface area contributed by atoms with Crippen molar-refractivity contribution in [1.82, 2.24) is 4.90 Å². The predicted octanol–water partition coefficient (Wildman–Crippen LogP) is 5.37. The largest absolute Gasteiger partial charge is 0.462 e. The topological polar surface area (TPSA) is 65.1 Å². The zero-order valence-corrected chi connectivity index (χ0v) is 19.7. The molecule has 2 aromatic rings. The third-order valence-electron chi connectivity index (χ3n) is 5.96. The maximum atomic E-state index is 15.2. The normalized spacial score (nSPS) is 21.4. The molecule has 0 aliphatic carbocycles. The lowest BCUT2D eigenvalue weighted by Crippen LogP contribution is -2.57. The first kappa shape index (κ1) is 25.4. The van der Waals surface area contributed by atoms with E-state index in [4.69, 9.17) is 14.2 Å². The van der Waals surface area contributed by atoms with Crippen LogP contribution in [0.25, 0.3) is 6.08 Å². The van der Waals surface area contributed by atoms with Gasteiger partial charge in [-0.3, -0.25) is 0 Å². The van der Waals surface area contributed by atoms with Gasteiger partial charge in [-0.1, -0.05) is 36.4 Å². The fourth-order valence-corrected chi connectivity index (χ4v) is 4.52. The molecule has 190 valence electrons. The molecule has 2 aliphatic heterocycles. The minimum atomic E-state index is -5.28. The first-order valence-corrected chi connectivity index (χ1v) is 11.2. The summed E-state index contributed by atoms with van der Waals surface area (Å²) in [4.78, 5) is 27.8. The van der Waals surface area contributed by atoms with E-state index in [-0.39, 0.29) is 13.2 Å². The zero-order valence-electron chi connectivity index (χ0n) is 19.7. The number of fused-ring (bicyclic) bond motifs is 3. The summed E-state index contributed by atoms with van der Waals surface area (Å²) in [6.45, 7) is 4.06. The van der Waals surface area contributed by atoms with E-state index >= 15 is 13.2 Å². The number of carbonyl (C=O) groups excluding carboxylic acids is 2. The average Bonchev–Trinajstić information content (AvgIpc) is 2.83. The highest BCUT2D eigenvalue weighted by atomic mass is 19.4. The number of esters is 2. The smallest absolute Gasteiger partial charge is 0.426 e. The molecule has 0 fully saturated rings. The van der Waals surface area contributed by atoms with Crippen molar-refractivity contribution in [2.24, 2.45) is 0 Å². The lowest BCUT2D eigenvalue weighted by molar-refractivity contribution is -0.304. The summed E-state index contributed by atoms with van der Waals surface area (Å²) in [6.07, 6.45) is -5.08. The Balaban J connectivity index is 2.16. The van der Waals surface area contributed by atoms with Gasteiger partial charge < -0.3 is 19.1 Å². The third-order valence-corrected chi connectivity index (χ3v) is 5.96. The molecule has 0 spiro atoms. The molecule has 2 aromatic carbocycles. The second kappa shape index (κ2) is 9.42. The van der Waals surface area contributed by atoms with Crippen molar-refractivity contribution >= 4 is 18.0 Å². The molecule has 0 radical (unpaired) electrons.